The molecule has 0 spiro atoms. The van der Waals surface area contributed by atoms with Gasteiger partial charge in [0.15, 0.2) is 0 Å². The van der Waals surface area contributed by atoms with Gasteiger partial charge in [-0.3, -0.25) is 0 Å². The van der Waals surface area contributed by atoms with Crippen molar-refractivity contribution in [1.82, 2.24) is 0 Å². The van der Waals surface area contributed by atoms with Crippen LogP contribution in [0.3, 0.4) is 0 Å². The minimum atomic E-state index is 0. The maximum Gasteiger partial charge on any atom is 0.0144 e. The Morgan fingerprint density at radius 3 is 2.45 bits per heavy atom. The van der Waals surface area contributed by atoms with Crippen LogP contribution in [0, 0.1) is 0 Å². The van der Waals surface area contributed by atoms with E-state index in [-0.39, 0.29) is 27.8 Å². The van der Waals surface area contributed by atoms with Gasteiger partial charge in [0.05, 0.1) is 0 Å². The molecule has 68 valence electrons. The van der Waals surface area contributed by atoms with Gasteiger partial charge in [-0.2, -0.15) is 0 Å². The van der Waals surface area contributed by atoms with E-state index >= 15 is 0 Å². The van der Waals surface area contributed by atoms with Gasteiger partial charge in [-0.25, -0.2) is 0 Å². The number of halogens is 1. The summed E-state index contributed by atoms with van der Waals surface area (Å²) in [5.74, 6) is 0. The summed E-state index contributed by atoms with van der Waals surface area (Å²) in [5.41, 5.74) is 0. The predicted molar refractivity (Wildman–Crippen MR) is 48.3 cm³/mol. The summed E-state index contributed by atoms with van der Waals surface area (Å²) >= 11 is 5.82. The maximum absolute atomic E-state index is 5.82. The smallest absolute Gasteiger partial charge is 0.0144 e. The van der Waals surface area contributed by atoms with Crippen molar-refractivity contribution in [2.24, 2.45) is 0 Å². The van der Waals surface area contributed by atoms with Crippen molar-refractivity contribution in [3.63, 3.8) is 0 Å². The predicted octanol–water partition coefficient (Wildman–Crippen LogP) is 3.87. The van der Waals surface area contributed by atoms with E-state index in [1.807, 2.05) is 0 Å². The first-order valence-corrected chi connectivity index (χ1v) is 3.77. The van der Waals surface area contributed by atoms with Gasteiger partial charge in [-0.15, -0.1) is 0 Å². The van der Waals surface area contributed by atoms with Crippen molar-refractivity contribution in [3.05, 3.63) is 23.3 Å². The average molecular weight is 265 g/mol. The minimum absolute atomic E-state index is 0. The van der Waals surface area contributed by atoms with E-state index < -0.39 is 0 Å². The summed E-state index contributed by atoms with van der Waals surface area (Å²) in [5, 5.41) is 1.03. The third-order valence-corrected chi connectivity index (χ3v) is 1.76. The average Bonchev–Trinajstić information content (AvgIpc) is 1.79. The number of allylic oxidation sites excluding steroid dienone is 4. The largest absolute Gasteiger partial charge is 0.0895 e. The quantitative estimate of drug-likeness (QED) is 0.460. The van der Waals surface area contributed by atoms with Gasteiger partial charge in [0.25, 0.3) is 0 Å². The Morgan fingerprint density at radius 1 is 1.09 bits per heavy atom. The first kappa shape index (κ1) is 14.0. The molecule has 11 heavy (non-hydrogen) atoms. The normalized spacial score (nSPS) is 24.3. The Hall–Kier alpha value is 0.432. The van der Waals surface area contributed by atoms with Gasteiger partial charge in [0.1, 0.15) is 0 Å². The van der Waals surface area contributed by atoms with E-state index in [2.05, 4.69) is 18.2 Å². The fraction of sp³-hybridized carbons (Fsp3) is 0.556. The molecule has 0 aromatic carbocycles. The van der Waals surface area contributed by atoms with E-state index in [1.165, 1.54) is 0 Å². The third kappa shape index (κ3) is 6.82. The number of rotatable bonds is 0. The Labute approximate surface area is 88.4 Å². The van der Waals surface area contributed by atoms with E-state index in [1.54, 1.807) is 0 Å². The molecule has 1 rings (SSSR count). The van der Waals surface area contributed by atoms with Gasteiger partial charge in [-0.05, 0) is 25.7 Å². The van der Waals surface area contributed by atoms with Crippen molar-refractivity contribution in [1.29, 1.82) is 0 Å². The van der Waals surface area contributed by atoms with E-state index in [9.17, 15) is 0 Å². The van der Waals surface area contributed by atoms with Crippen molar-refractivity contribution < 1.29 is 20.4 Å². The molecular weight excluding hydrogens is 250 g/mol. The van der Waals surface area contributed by atoms with Crippen LogP contribution < -0.4 is 0 Å². The van der Waals surface area contributed by atoms with Gasteiger partial charge in [-0.1, -0.05) is 37.3 Å². The van der Waals surface area contributed by atoms with Crippen LogP contribution in [0.5, 0.6) is 0 Å². The maximum atomic E-state index is 5.82. The third-order valence-electron chi connectivity index (χ3n) is 1.42. The molecule has 0 atom stereocenters. The summed E-state index contributed by atoms with van der Waals surface area (Å²) in [6, 6.07) is 0. The van der Waals surface area contributed by atoms with Crippen LogP contribution in [0.15, 0.2) is 23.3 Å². The number of hydrogen-bond donors (Lipinski definition) is 0. The van der Waals surface area contributed by atoms with Crippen LogP contribution in [0.25, 0.3) is 0 Å². The van der Waals surface area contributed by atoms with Gasteiger partial charge >= 0.3 is 0 Å². The first-order valence-electron chi connectivity index (χ1n) is 3.39. The molecule has 0 heterocycles. The molecule has 0 nitrogen and oxygen atoms in total. The fourth-order valence-corrected chi connectivity index (χ4v) is 1.11. The summed E-state index contributed by atoms with van der Waals surface area (Å²) in [6.45, 7) is 0. The first-order chi connectivity index (χ1) is 4.39. The van der Waals surface area contributed by atoms with Crippen LogP contribution >= 0.6 is 11.6 Å². The zero-order valence-electron chi connectivity index (χ0n) is 5.75. The minimum Gasteiger partial charge on any atom is -0.0895 e. The molecule has 0 radical (unpaired) electrons. The van der Waals surface area contributed by atoms with Gasteiger partial charge in [0.2, 0.25) is 0 Å². The second-order valence-electron chi connectivity index (χ2n) is 2.24. The molecule has 2 heteroatoms. The van der Waals surface area contributed by atoms with E-state index in [0.29, 0.717) is 0 Å². The van der Waals surface area contributed by atoms with Crippen molar-refractivity contribution in [2.75, 3.05) is 0 Å². The molecule has 0 aromatic heterocycles. The molecule has 1 aliphatic carbocycles. The molecule has 0 aliphatic heterocycles. The van der Waals surface area contributed by atoms with Crippen molar-refractivity contribution in [3.8, 4) is 0 Å². The molecule has 0 amide bonds. The van der Waals surface area contributed by atoms with Crippen LogP contribution in [-0.4, -0.2) is 0 Å². The van der Waals surface area contributed by atoms with Crippen LogP contribution in [0.2, 0.25) is 0 Å². The fourth-order valence-electron chi connectivity index (χ4n) is 0.895. The van der Waals surface area contributed by atoms with Crippen molar-refractivity contribution in [2.45, 2.75) is 33.1 Å². The Morgan fingerprint density at radius 2 is 1.73 bits per heavy atom. The molecule has 1 aliphatic rings. The van der Waals surface area contributed by atoms with Crippen LogP contribution in [0.1, 0.15) is 33.1 Å². The molecule has 0 bridgehead atoms. The summed E-state index contributed by atoms with van der Waals surface area (Å²) in [7, 11) is 0. The topological polar surface area (TPSA) is 0 Å². The summed E-state index contributed by atoms with van der Waals surface area (Å²) < 4.78 is 0. The Balaban J connectivity index is 0. The zero-order chi connectivity index (χ0) is 6.53. The van der Waals surface area contributed by atoms with Crippen LogP contribution in [-0.2, 0) is 20.4 Å². The van der Waals surface area contributed by atoms with Gasteiger partial charge < -0.3 is 0 Å². The number of hydrogen-bond acceptors (Lipinski definition) is 0. The standard InChI is InChI=1S/C8H11Cl.CH4.Pd/c9-8-6-4-2-1-3-5-7-8;;/h1-2,7H,3-6H2;1H4;/b2-1-,8-7+;;. The monoisotopic (exact) mass is 264 g/mol. The van der Waals surface area contributed by atoms with Crippen molar-refractivity contribution >= 4 is 11.6 Å². The van der Waals surface area contributed by atoms with Gasteiger partial charge in [0, 0.05) is 25.5 Å². The second kappa shape index (κ2) is 8.53. The van der Waals surface area contributed by atoms with E-state index in [0.717, 1.165) is 30.7 Å². The molecular formula is C9H15ClPd. The molecule has 0 aromatic rings. The molecule has 0 fully saturated rings. The Bertz CT molecular complexity index is 138. The molecule has 0 saturated carbocycles. The second-order valence-corrected chi connectivity index (χ2v) is 2.72. The zero-order valence-corrected chi connectivity index (χ0v) is 8.07. The Kier molecular flexibility index (Phi) is 10.8. The molecule has 0 unspecified atom stereocenters. The molecule has 0 saturated heterocycles. The SMILES string of the molecule is C.Cl/C1=C/CC/C=C\CC1.[Pd]. The molecule has 0 N–H and O–H groups in total. The summed E-state index contributed by atoms with van der Waals surface area (Å²) in [4.78, 5) is 0. The van der Waals surface area contributed by atoms with Crippen LogP contribution in [0.4, 0.5) is 0 Å². The van der Waals surface area contributed by atoms with E-state index in [4.69, 9.17) is 11.6 Å². The summed E-state index contributed by atoms with van der Waals surface area (Å²) in [6.07, 6.45) is 10.9.